The summed E-state index contributed by atoms with van der Waals surface area (Å²) in [5.74, 6) is 1.35. The van der Waals surface area contributed by atoms with Crippen molar-refractivity contribution in [3.05, 3.63) is 48.5 Å². The van der Waals surface area contributed by atoms with Gasteiger partial charge in [0.2, 0.25) is 5.82 Å². The maximum atomic E-state index is 12.9. The molecule has 0 aliphatic carbocycles. The maximum absolute atomic E-state index is 12.9. The number of rotatable bonds is 3. The topological polar surface area (TPSA) is 76.6 Å². The maximum Gasteiger partial charge on any atom is 0.214 e. The number of aromatic amines is 1. The summed E-state index contributed by atoms with van der Waals surface area (Å²) in [6.45, 7) is 0. The number of thiophene rings is 1. The molecule has 3 aromatic heterocycles. The molecule has 0 fully saturated rings. The van der Waals surface area contributed by atoms with Gasteiger partial charge in [-0.3, -0.25) is 4.98 Å². The van der Waals surface area contributed by atoms with Crippen molar-refractivity contribution < 1.29 is 9.13 Å². The van der Waals surface area contributed by atoms with E-state index in [1.807, 2.05) is 6.07 Å². The van der Waals surface area contributed by atoms with Crippen molar-refractivity contribution in [1.82, 2.24) is 25.6 Å². The highest BCUT2D eigenvalue weighted by molar-refractivity contribution is 7.22. The van der Waals surface area contributed by atoms with Crippen LogP contribution in [0.3, 0.4) is 0 Å². The molecular formula is C14H8FN5OS. The van der Waals surface area contributed by atoms with Crippen molar-refractivity contribution in [3.8, 4) is 22.2 Å². The Morgan fingerprint density at radius 1 is 1.14 bits per heavy atom. The molecule has 0 saturated carbocycles. The number of nitrogens with one attached hydrogen (secondary N) is 1. The number of tetrazole rings is 1. The third kappa shape index (κ3) is 2.29. The van der Waals surface area contributed by atoms with Crippen molar-refractivity contribution in [1.29, 1.82) is 0 Å². The quantitative estimate of drug-likeness (QED) is 0.627. The van der Waals surface area contributed by atoms with Crippen molar-refractivity contribution in [3.63, 3.8) is 0 Å². The zero-order chi connectivity index (χ0) is 14.9. The van der Waals surface area contributed by atoms with Gasteiger partial charge in [-0.15, -0.1) is 21.5 Å². The first kappa shape index (κ1) is 12.8. The predicted octanol–water partition coefficient (Wildman–Crippen LogP) is 3.41. The highest BCUT2D eigenvalue weighted by atomic mass is 32.1. The van der Waals surface area contributed by atoms with Crippen molar-refractivity contribution in [2.75, 3.05) is 0 Å². The molecule has 4 aromatic rings. The van der Waals surface area contributed by atoms with Gasteiger partial charge in [0.15, 0.2) is 5.75 Å². The summed E-state index contributed by atoms with van der Waals surface area (Å²) in [5.41, 5.74) is 0. The minimum absolute atomic E-state index is 0.307. The van der Waals surface area contributed by atoms with Crippen LogP contribution in [0.4, 0.5) is 4.39 Å². The summed E-state index contributed by atoms with van der Waals surface area (Å²) in [7, 11) is 0. The zero-order valence-electron chi connectivity index (χ0n) is 11.0. The SMILES string of the molecule is Fc1ccc(Oc2cncc3sc(-c4nn[nH]n4)cc23)cc1. The molecule has 1 N–H and O–H groups in total. The van der Waals surface area contributed by atoms with Gasteiger partial charge in [0.1, 0.15) is 11.6 Å². The molecule has 6 nitrogen and oxygen atoms in total. The number of pyridine rings is 1. The summed E-state index contributed by atoms with van der Waals surface area (Å²) in [6.07, 6.45) is 3.37. The Bertz CT molecular complexity index is 920. The molecule has 0 bridgehead atoms. The van der Waals surface area contributed by atoms with Crippen LogP contribution in [-0.2, 0) is 0 Å². The minimum atomic E-state index is -0.307. The first-order valence-electron chi connectivity index (χ1n) is 6.34. The number of fused-ring (bicyclic) bond motifs is 1. The molecule has 0 amide bonds. The van der Waals surface area contributed by atoms with E-state index in [1.54, 1.807) is 24.5 Å². The predicted molar refractivity (Wildman–Crippen MR) is 79.3 cm³/mol. The average Bonchev–Trinajstić information content (AvgIpc) is 3.18. The number of halogens is 1. The molecule has 8 heteroatoms. The molecule has 0 unspecified atom stereocenters. The van der Waals surface area contributed by atoms with Crippen LogP contribution in [0.25, 0.3) is 20.8 Å². The lowest BCUT2D eigenvalue weighted by molar-refractivity contribution is 0.484. The second-order valence-corrected chi connectivity index (χ2v) is 5.54. The number of benzene rings is 1. The van der Waals surface area contributed by atoms with E-state index in [4.69, 9.17) is 4.74 Å². The molecule has 1 aromatic carbocycles. The molecule has 0 aliphatic heterocycles. The van der Waals surface area contributed by atoms with E-state index < -0.39 is 0 Å². The summed E-state index contributed by atoms with van der Waals surface area (Å²) in [4.78, 5) is 5.03. The largest absolute Gasteiger partial charge is 0.455 e. The third-order valence-corrected chi connectivity index (χ3v) is 4.08. The van der Waals surface area contributed by atoms with Gasteiger partial charge >= 0.3 is 0 Å². The highest BCUT2D eigenvalue weighted by Crippen LogP contribution is 2.37. The van der Waals surface area contributed by atoms with Gasteiger partial charge < -0.3 is 4.74 Å². The van der Waals surface area contributed by atoms with Crippen LogP contribution in [0.2, 0.25) is 0 Å². The van der Waals surface area contributed by atoms with Gasteiger partial charge in [-0.05, 0) is 35.5 Å². The molecular weight excluding hydrogens is 305 g/mol. The van der Waals surface area contributed by atoms with E-state index in [0.29, 0.717) is 17.3 Å². The fourth-order valence-corrected chi connectivity index (χ4v) is 3.00. The highest BCUT2D eigenvalue weighted by Gasteiger charge is 2.12. The van der Waals surface area contributed by atoms with Gasteiger partial charge in [0, 0.05) is 11.6 Å². The summed E-state index contributed by atoms with van der Waals surface area (Å²) in [5, 5.41) is 14.8. The summed E-state index contributed by atoms with van der Waals surface area (Å²) >= 11 is 1.49. The van der Waals surface area contributed by atoms with Crippen LogP contribution in [0.1, 0.15) is 0 Å². The minimum Gasteiger partial charge on any atom is -0.455 e. The Balaban J connectivity index is 1.76. The second-order valence-electron chi connectivity index (χ2n) is 4.45. The number of aromatic nitrogens is 5. The Morgan fingerprint density at radius 3 is 2.77 bits per heavy atom. The van der Waals surface area contributed by atoms with E-state index in [9.17, 15) is 4.39 Å². The second kappa shape index (κ2) is 5.15. The normalized spacial score (nSPS) is 11.0. The molecule has 22 heavy (non-hydrogen) atoms. The average molecular weight is 313 g/mol. The van der Waals surface area contributed by atoms with E-state index in [0.717, 1.165) is 15.0 Å². The molecule has 0 aliphatic rings. The first-order chi connectivity index (χ1) is 10.8. The van der Waals surface area contributed by atoms with Crippen LogP contribution < -0.4 is 4.74 Å². The molecule has 4 rings (SSSR count). The lowest BCUT2D eigenvalue weighted by Crippen LogP contribution is -1.86. The van der Waals surface area contributed by atoms with Gasteiger partial charge in [0.05, 0.1) is 15.8 Å². The molecule has 0 radical (unpaired) electrons. The van der Waals surface area contributed by atoms with Crippen LogP contribution in [0, 0.1) is 5.82 Å². The van der Waals surface area contributed by atoms with E-state index in [1.165, 1.54) is 23.5 Å². The number of nitrogens with zero attached hydrogens (tertiary/aromatic N) is 4. The standard InChI is InChI=1S/C14H8FN5OS/c15-8-1-3-9(4-2-8)21-11-6-16-7-13-10(11)5-12(22-13)14-17-19-20-18-14/h1-7H,(H,17,18,19,20). The Kier molecular flexibility index (Phi) is 3.01. The molecule has 0 atom stereocenters. The number of hydrogen-bond acceptors (Lipinski definition) is 6. The monoisotopic (exact) mass is 313 g/mol. The lowest BCUT2D eigenvalue weighted by Gasteiger charge is -2.05. The molecule has 3 heterocycles. The number of H-pyrrole nitrogens is 1. The molecule has 108 valence electrons. The summed E-state index contributed by atoms with van der Waals surface area (Å²) < 4.78 is 19.7. The van der Waals surface area contributed by atoms with Crippen molar-refractivity contribution in [2.24, 2.45) is 0 Å². The van der Waals surface area contributed by atoms with Crippen LogP contribution >= 0.6 is 11.3 Å². The van der Waals surface area contributed by atoms with Crippen LogP contribution in [0.15, 0.2) is 42.7 Å². The number of ether oxygens (including phenoxy) is 1. The van der Waals surface area contributed by atoms with Crippen molar-refractivity contribution >= 4 is 21.4 Å². The molecule has 0 spiro atoms. The smallest absolute Gasteiger partial charge is 0.214 e. The Morgan fingerprint density at radius 2 is 2.00 bits per heavy atom. The van der Waals surface area contributed by atoms with E-state index >= 15 is 0 Å². The summed E-state index contributed by atoms with van der Waals surface area (Å²) in [6, 6.07) is 7.76. The lowest BCUT2D eigenvalue weighted by atomic mass is 10.3. The fraction of sp³-hybridized carbons (Fsp3) is 0. The molecule has 0 saturated heterocycles. The Labute approximate surface area is 127 Å². The Hall–Kier alpha value is -2.87. The van der Waals surface area contributed by atoms with Crippen molar-refractivity contribution in [2.45, 2.75) is 0 Å². The van der Waals surface area contributed by atoms with Gasteiger partial charge in [-0.1, -0.05) is 0 Å². The zero-order valence-corrected chi connectivity index (χ0v) is 11.8. The van der Waals surface area contributed by atoms with Crippen LogP contribution in [-0.4, -0.2) is 25.6 Å². The fourth-order valence-electron chi connectivity index (χ4n) is 2.02. The van der Waals surface area contributed by atoms with Gasteiger partial charge in [-0.2, -0.15) is 5.21 Å². The number of hydrogen-bond donors (Lipinski definition) is 1. The van der Waals surface area contributed by atoms with E-state index in [-0.39, 0.29) is 5.82 Å². The van der Waals surface area contributed by atoms with Gasteiger partial charge in [-0.25, -0.2) is 4.39 Å². The van der Waals surface area contributed by atoms with Crippen LogP contribution in [0.5, 0.6) is 11.5 Å². The van der Waals surface area contributed by atoms with E-state index in [2.05, 4.69) is 25.6 Å². The van der Waals surface area contributed by atoms with Gasteiger partial charge in [0.25, 0.3) is 0 Å². The first-order valence-corrected chi connectivity index (χ1v) is 7.16. The third-order valence-electron chi connectivity index (χ3n) is 3.02.